The Bertz CT molecular complexity index is 555. The zero-order chi connectivity index (χ0) is 17.5. The lowest BCUT2D eigenvalue weighted by Gasteiger charge is -2.36. The molecule has 138 valence electrons. The minimum atomic E-state index is -0.0321. The maximum Gasteiger partial charge on any atom is 0.317 e. The van der Waals surface area contributed by atoms with Crippen molar-refractivity contribution < 1.29 is 18.7 Å². The van der Waals surface area contributed by atoms with Crippen LogP contribution in [-0.2, 0) is 11.3 Å². The molecule has 2 aliphatic heterocycles. The maximum absolute atomic E-state index is 12.2. The summed E-state index contributed by atoms with van der Waals surface area (Å²) >= 11 is 0. The summed E-state index contributed by atoms with van der Waals surface area (Å²) < 4.78 is 10.7. The van der Waals surface area contributed by atoms with Gasteiger partial charge in [-0.3, -0.25) is 0 Å². The molecule has 0 bridgehead atoms. The first-order valence-electron chi connectivity index (χ1n) is 8.91. The number of piperidine rings is 1. The fourth-order valence-electron chi connectivity index (χ4n) is 3.26. The summed E-state index contributed by atoms with van der Waals surface area (Å²) in [6, 6.07) is 3.95. The molecule has 25 heavy (non-hydrogen) atoms. The van der Waals surface area contributed by atoms with Crippen LogP contribution in [0.2, 0.25) is 0 Å². The van der Waals surface area contributed by atoms with E-state index >= 15 is 0 Å². The minimum Gasteiger partial charge on any atom is -0.467 e. The van der Waals surface area contributed by atoms with Crippen LogP contribution >= 0.6 is 0 Å². The van der Waals surface area contributed by atoms with Gasteiger partial charge in [0.2, 0.25) is 0 Å². The molecule has 8 heteroatoms. The molecule has 2 fully saturated rings. The van der Waals surface area contributed by atoms with E-state index in [4.69, 9.17) is 9.15 Å². The van der Waals surface area contributed by atoms with Gasteiger partial charge in [0.1, 0.15) is 12.4 Å². The SMILES string of the molecule is O=C(NCCCOCc1ccco1)N1CCC(N2CCNC2=O)CC1. The standard InChI is InChI=1S/C17H26N4O4/c22-16(18-6-2-11-24-13-15-3-1-12-25-15)20-8-4-14(5-9-20)21-10-7-19-17(21)23/h1,3,12,14H,2,4-11,13H2,(H,18,22)(H,19,23). The third-order valence-corrected chi connectivity index (χ3v) is 4.65. The fraction of sp³-hybridized carbons (Fsp3) is 0.647. The van der Waals surface area contributed by atoms with Crippen molar-refractivity contribution in [1.29, 1.82) is 0 Å². The quantitative estimate of drug-likeness (QED) is 0.728. The average molecular weight is 350 g/mol. The molecule has 3 rings (SSSR count). The first kappa shape index (κ1) is 17.6. The van der Waals surface area contributed by atoms with Gasteiger partial charge in [0.15, 0.2) is 0 Å². The average Bonchev–Trinajstić information content (AvgIpc) is 3.29. The van der Waals surface area contributed by atoms with Gasteiger partial charge in [-0.15, -0.1) is 0 Å². The molecule has 4 amide bonds. The lowest BCUT2D eigenvalue weighted by molar-refractivity contribution is 0.103. The van der Waals surface area contributed by atoms with Gasteiger partial charge in [0.25, 0.3) is 0 Å². The van der Waals surface area contributed by atoms with E-state index in [2.05, 4.69) is 10.6 Å². The zero-order valence-electron chi connectivity index (χ0n) is 14.4. The highest BCUT2D eigenvalue weighted by molar-refractivity contribution is 5.77. The van der Waals surface area contributed by atoms with Crippen molar-refractivity contribution in [2.75, 3.05) is 39.3 Å². The predicted molar refractivity (Wildman–Crippen MR) is 91.1 cm³/mol. The smallest absolute Gasteiger partial charge is 0.317 e. The second-order valence-electron chi connectivity index (χ2n) is 6.36. The Morgan fingerprint density at radius 3 is 2.88 bits per heavy atom. The van der Waals surface area contributed by atoms with Crippen LogP contribution in [0.1, 0.15) is 25.0 Å². The summed E-state index contributed by atoms with van der Waals surface area (Å²) in [4.78, 5) is 27.6. The third-order valence-electron chi connectivity index (χ3n) is 4.65. The first-order valence-corrected chi connectivity index (χ1v) is 8.91. The second-order valence-corrected chi connectivity index (χ2v) is 6.36. The van der Waals surface area contributed by atoms with E-state index in [-0.39, 0.29) is 18.1 Å². The number of likely N-dealkylation sites (tertiary alicyclic amines) is 1. The van der Waals surface area contributed by atoms with Crippen LogP contribution in [-0.4, -0.2) is 67.2 Å². The molecule has 0 atom stereocenters. The minimum absolute atomic E-state index is 0.0254. The topological polar surface area (TPSA) is 87.1 Å². The molecular formula is C17H26N4O4. The highest BCUT2D eigenvalue weighted by atomic mass is 16.5. The summed E-state index contributed by atoms with van der Waals surface area (Å²) in [6.07, 6.45) is 4.06. The number of hydrogen-bond acceptors (Lipinski definition) is 4. The van der Waals surface area contributed by atoms with Crippen molar-refractivity contribution in [2.45, 2.75) is 31.9 Å². The summed E-state index contributed by atoms with van der Waals surface area (Å²) in [5.41, 5.74) is 0. The molecule has 2 aliphatic rings. The summed E-state index contributed by atoms with van der Waals surface area (Å²) in [7, 11) is 0. The molecule has 0 saturated carbocycles. The molecule has 0 radical (unpaired) electrons. The number of hydrogen-bond donors (Lipinski definition) is 2. The largest absolute Gasteiger partial charge is 0.467 e. The van der Waals surface area contributed by atoms with Crippen molar-refractivity contribution in [1.82, 2.24) is 20.4 Å². The Morgan fingerprint density at radius 2 is 2.20 bits per heavy atom. The molecule has 0 unspecified atom stereocenters. The molecule has 2 N–H and O–H groups in total. The van der Waals surface area contributed by atoms with Gasteiger partial charge in [-0.05, 0) is 31.4 Å². The third kappa shape index (κ3) is 4.88. The number of ether oxygens (including phenoxy) is 1. The number of nitrogens with one attached hydrogen (secondary N) is 2. The van der Waals surface area contributed by atoms with E-state index in [1.807, 2.05) is 21.9 Å². The molecule has 8 nitrogen and oxygen atoms in total. The summed E-state index contributed by atoms with van der Waals surface area (Å²) in [6.45, 7) is 4.50. The van der Waals surface area contributed by atoms with Gasteiger partial charge in [-0.25, -0.2) is 9.59 Å². The normalized spacial score (nSPS) is 18.5. The van der Waals surface area contributed by atoms with Crippen molar-refractivity contribution in [2.24, 2.45) is 0 Å². The van der Waals surface area contributed by atoms with Crippen LogP contribution < -0.4 is 10.6 Å². The van der Waals surface area contributed by atoms with Crippen molar-refractivity contribution in [3.63, 3.8) is 0 Å². The van der Waals surface area contributed by atoms with Gasteiger partial charge in [0.05, 0.1) is 6.26 Å². The van der Waals surface area contributed by atoms with Gasteiger partial charge >= 0.3 is 12.1 Å². The van der Waals surface area contributed by atoms with E-state index in [0.29, 0.717) is 32.8 Å². The first-order chi connectivity index (χ1) is 12.2. The lowest BCUT2D eigenvalue weighted by atomic mass is 10.0. The monoisotopic (exact) mass is 350 g/mol. The number of rotatable bonds is 7. The Hall–Kier alpha value is -2.22. The molecule has 0 spiro atoms. The number of amides is 4. The molecule has 1 aromatic heterocycles. The molecule has 3 heterocycles. The van der Waals surface area contributed by atoms with Gasteiger partial charge in [0, 0.05) is 45.4 Å². The maximum atomic E-state index is 12.2. The molecule has 2 saturated heterocycles. The van der Waals surface area contributed by atoms with E-state index in [1.54, 1.807) is 6.26 Å². The van der Waals surface area contributed by atoms with Crippen LogP contribution in [0.3, 0.4) is 0 Å². The Kier molecular flexibility index (Phi) is 6.16. The van der Waals surface area contributed by atoms with Crippen LogP contribution in [0.15, 0.2) is 22.8 Å². The number of carbonyl (C=O) groups is 2. The van der Waals surface area contributed by atoms with Crippen LogP contribution in [0.4, 0.5) is 9.59 Å². The number of furan rings is 1. The Morgan fingerprint density at radius 1 is 1.36 bits per heavy atom. The Labute approximate surface area is 147 Å². The van der Waals surface area contributed by atoms with E-state index in [9.17, 15) is 9.59 Å². The lowest BCUT2D eigenvalue weighted by Crippen LogP contribution is -2.50. The van der Waals surface area contributed by atoms with Crippen molar-refractivity contribution >= 4 is 12.1 Å². The fourth-order valence-corrected chi connectivity index (χ4v) is 3.26. The zero-order valence-corrected chi connectivity index (χ0v) is 14.4. The van der Waals surface area contributed by atoms with Crippen LogP contribution in [0.5, 0.6) is 0 Å². The Balaban J connectivity index is 1.26. The van der Waals surface area contributed by atoms with Gasteiger partial charge in [-0.1, -0.05) is 0 Å². The predicted octanol–water partition coefficient (Wildman–Crippen LogP) is 1.39. The second kappa shape index (κ2) is 8.75. The number of carbonyl (C=O) groups excluding carboxylic acids is 2. The van der Waals surface area contributed by atoms with Gasteiger partial charge < -0.3 is 29.6 Å². The summed E-state index contributed by atoms with van der Waals surface area (Å²) in [5, 5.41) is 5.76. The van der Waals surface area contributed by atoms with Crippen LogP contribution in [0.25, 0.3) is 0 Å². The highest BCUT2D eigenvalue weighted by Gasteiger charge is 2.31. The molecule has 0 aromatic carbocycles. The molecule has 0 aliphatic carbocycles. The summed E-state index contributed by atoms with van der Waals surface area (Å²) in [5.74, 6) is 0.804. The van der Waals surface area contributed by atoms with E-state index < -0.39 is 0 Å². The van der Waals surface area contributed by atoms with Crippen LogP contribution in [0, 0.1) is 0 Å². The van der Waals surface area contributed by atoms with E-state index in [0.717, 1.165) is 38.1 Å². The highest BCUT2D eigenvalue weighted by Crippen LogP contribution is 2.18. The van der Waals surface area contributed by atoms with Gasteiger partial charge in [-0.2, -0.15) is 0 Å². The van der Waals surface area contributed by atoms with Crippen molar-refractivity contribution in [3.8, 4) is 0 Å². The van der Waals surface area contributed by atoms with Crippen molar-refractivity contribution in [3.05, 3.63) is 24.2 Å². The van der Waals surface area contributed by atoms with E-state index in [1.165, 1.54) is 0 Å². The molecule has 1 aromatic rings. The molecular weight excluding hydrogens is 324 g/mol. The number of urea groups is 2. The number of nitrogens with zero attached hydrogens (tertiary/aromatic N) is 2.